The van der Waals surface area contributed by atoms with Gasteiger partial charge in [-0.05, 0) is 13.8 Å². The molecule has 0 aromatic carbocycles. The Balaban J connectivity index is 2.32. The molecule has 2 N–H and O–H groups in total. The van der Waals surface area contributed by atoms with Crippen LogP contribution in [0.5, 0.6) is 0 Å². The van der Waals surface area contributed by atoms with Crippen LogP contribution in [0.2, 0.25) is 0 Å². The Kier molecular flexibility index (Phi) is 2.43. The fraction of sp³-hybridized carbons (Fsp3) is 0.667. The Morgan fingerprint density at radius 2 is 2.50 bits per heavy atom. The van der Waals surface area contributed by atoms with Gasteiger partial charge in [0.05, 0.1) is 17.8 Å². The normalized spacial score (nSPS) is 16.5. The molecule has 2 heterocycles. The van der Waals surface area contributed by atoms with Gasteiger partial charge in [0.15, 0.2) is 6.29 Å². The molecule has 0 amide bonds. The average Bonchev–Trinajstić information content (AvgIpc) is 2.63. The second-order valence-electron chi connectivity index (χ2n) is 3.31. The van der Waals surface area contributed by atoms with Crippen molar-refractivity contribution < 1.29 is 9.84 Å². The SMILES string of the molecule is CCOC(O)c1c(C)nn2c1NCC2. The van der Waals surface area contributed by atoms with Gasteiger partial charge >= 0.3 is 0 Å². The quantitative estimate of drug-likeness (QED) is 0.698. The van der Waals surface area contributed by atoms with Crippen molar-refractivity contribution in [2.75, 3.05) is 18.5 Å². The van der Waals surface area contributed by atoms with Crippen LogP contribution in [0.25, 0.3) is 0 Å². The summed E-state index contributed by atoms with van der Waals surface area (Å²) >= 11 is 0. The first-order chi connectivity index (χ1) is 6.74. The highest BCUT2D eigenvalue weighted by Crippen LogP contribution is 2.29. The summed E-state index contributed by atoms with van der Waals surface area (Å²) in [5.41, 5.74) is 1.59. The van der Waals surface area contributed by atoms with Crippen molar-refractivity contribution in [3.63, 3.8) is 0 Å². The van der Waals surface area contributed by atoms with Crippen LogP contribution in [0, 0.1) is 6.92 Å². The standard InChI is InChI=1S/C9H15N3O2/c1-3-14-9(13)7-6(2)11-12-5-4-10-8(7)12/h9-10,13H,3-5H2,1-2H3. The Morgan fingerprint density at radius 3 is 3.21 bits per heavy atom. The fourth-order valence-corrected chi connectivity index (χ4v) is 1.76. The molecule has 78 valence electrons. The molecule has 1 aliphatic heterocycles. The van der Waals surface area contributed by atoms with Gasteiger partial charge in [0.1, 0.15) is 5.82 Å². The van der Waals surface area contributed by atoms with E-state index >= 15 is 0 Å². The summed E-state index contributed by atoms with van der Waals surface area (Å²) in [5.74, 6) is 0.892. The summed E-state index contributed by atoms with van der Waals surface area (Å²) in [4.78, 5) is 0. The van der Waals surface area contributed by atoms with Crippen LogP contribution >= 0.6 is 0 Å². The molecular weight excluding hydrogens is 182 g/mol. The number of nitrogens with zero attached hydrogens (tertiary/aromatic N) is 2. The summed E-state index contributed by atoms with van der Waals surface area (Å²) in [6.07, 6.45) is -0.866. The molecule has 0 spiro atoms. The summed E-state index contributed by atoms with van der Waals surface area (Å²) in [7, 11) is 0. The molecule has 0 radical (unpaired) electrons. The number of rotatable bonds is 3. The second-order valence-corrected chi connectivity index (χ2v) is 3.31. The molecule has 0 aliphatic carbocycles. The van der Waals surface area contributed by atoms with Crippen LogP contribution < -0.4 is 5.32 Å². The summed E-state index contributed by atoms with van der Waals surface area (Å²) < 4.78 is 7.02. The van der Waals surface area contributed by atoms with Crippen molar-refractivity contribution >= 4 is 5.82 Å². The lowest BCUT2D eigenvalue weighted by molar-refractivity contribution is -0.0978. The van der Waals surface area contributed by atoms with Crippen molar-refractivity contribution in [1.29, 1.82) is 0 Å². The molecule has 1 aromatic rings. The largest absolute Gasteiger partial charge is 0.368 e. The number of aromatic nitrogens is 2. The van der Waals surface area contributed by atoms with Crippen LogP contribution in [0.15, 0.2) is 0 Å². The number of aliphatic hydroxyl groups is 1. The van der Waals surface area contributed by atoms with E-state index in [1.54, 1.807) is 0 Å². The van der Waals surface area contributed by atoms with Crippen LogP contribution in [-0.4, -0.2) is 28.0 Å². The lowest BCUT2D eigenvalue weighted by atomic mass is 10.2. The van der Waals surface area contributed by atoms with E-state index in [1.807, 2.05) is 18.5 Å². The maximum atomic E-state index is 9.74. The van der Waals surface area contributed by atoms with Crippen LogP contribution in [0.3, 0.4) is 0 Å². The van der Waals surface area contributed by atoms with Crippen molar-refractivity contribution in [2.45, 2.75) is 26.7 Å². The smallest absolute Gasteiger partial charge is 0.186 e. The highest BCUT2D eigenvalue weighted by Gasteiger charge is 2.24. The minimum absolute atomic E-state index is 0.491. The molecule has 1 atom stereocenters. The van der Waals surface area contributed by atoms with Gasteiger partial charge in [-0.25, -0.2) is 4.68 Å². The molecule has 2 rings (SSSR count). The molecular formula is C9H15N3O2. The van der Waals surface area contributed by atoms with E-state index in [0.29, 0.717) is 6.61 Å². The van der Waals surface area contributed by atoms with E-state index in [9.17, 15) is 5.11 Å². The molecule has 14 heavy (non-hydrogen) atoms. The predicted octanol–water partition coefficient (Wildman–Crippen LogP) is 0.644. The molecule has 1 unspecified atom stereocenters. The first-order valence-corrected chi connectivity index (χ1v) is 4.85. The number of aliphatic hydroxyl groups excluding tert-OH is 1. The summed E-state index contributed by atoms with van der Waals surface area (Å²) in [6.45, 7) is 5.95. The van der Waals surface area contributed by atoms with Crippen LogP contribution in [-0.2, 0) is 11.3 Å². The summed E-state index contributed by atoms with van der Waals surface area (Å²) in [5, 5.41) is 17.2. The van der Waals surface area contributed by atoms with Crippen LogP contribution in [0.4, 0.5) is 5.82 Å². The summed E-state index contributed by atoms with van der Waals surface area (Å²) in [6, 6.07) is 0. The van der Waals surface area contributed by atoms with Gasteiger partial charge in [-0.3, -0.25) is 0 Å². The van der Waals surface area contributed by atoms with Gasteiger partial charge in [-0.1, -0.05) is 0 Å². The third-order valence-electron chi connectivity index (χ3n) is 2.36. The average molecular weight is 197 g/mol. The van der Waals surface area contributed by atoms with E-state index in [1.165, 1.54) is 0 Å². The first-order valence-electron chi connectivity index (χ1n) is 4.85. The number of hydrogen-bond donors (Lipinski definition) is 2. The lowest BCUT2D eigenvalue weighted by Crippen LogP contribution is -2.06. The Hall–Kier alpha value is -1.07. The lowest BCUT2D eigenvalue weighted by Gasteiger charge is -2.11. The van der Waals surface area contributed by atoms with Gasteiger partial charge in [-0.15, -0.1) is 0 Å². The number of hydrogen-bond acceptors (Lipinski definition) is 4. The van der Waals surface area contributed by atoms with Gasteiger partial charge in [-0.2, -0.15) is 5.10 Å². The number of anilines is 1. The molecule has 1 aromatic heterocycles. The van der Waals surface area contributed by atoms with Crippen molar-refractivity contribution in [1.82, 2.24) is 9.78 Å². The second kappa shape index (κ2) is 3.59. The van der Waals surface area contributed by atoms with Gasteiger partial charge < -0.3 is 15.2 Å². The Labute approximate surface area is 82.7 Å². The molecule has 0 saturated carbocycles. The number of aryl methyl sites for hydroxylation is 1. The number of nitrogens with one attached hydrogen (secondary N) is 1. The van der Waals surface area contributed by atoms with Crippen LogP contribution in [0.1, 0.15) is 24.5 Å². The minimum atomic E-state index is -0.866. The third-order valence-corrected chi connectivity index (χ3v) is 2.36. The van der Waals surface area contributed by atoms with Gasteiger partial charge in [0, 0.05) is 13.2 Å². The van der Waals surface area contributed by atoms with E-state index in [4.69, 9.17) is 4.74 Å². The maximum absolute atomic E-state index is 9.74. The van der Waals surface area contributed by atoms with Crippen molar-refractivity contribution in [2.24, 2.45) is 0 Å². The molecule has 0 bridgehead atoms. The number of ether oxygens (including phenoxy) is 1. The molecule has 0 saturated heterocycles. The maximum Gasteiger partial charge on any atom is 0.186 e. The third kappa shape index (κ3) is 1.38. The number of fused-ring (bicyclic) bond motifs is 1. The zero-order valence-corrected chi connectivity index (χ0v) is 8.45. The molecule has 5 heteroatoms. The highest BCUT2D eigenvalue weighted by atomic mass is 16.6. The fourth-order valence-electron chi connectivity index (χ4n) is 1.76. The van der Waals surface area contributed by atoms with Gasteiger partial charge in [0.25, 0.3) is 0 Å². The van der Waals surface area contributed by atoms with Crippen molar-refractivity contribution in [3.8, 4) is 0 Å². The Bertz CT molecular complexity index is 335. The zero-order valence-electron chi connectivity index (χ0n) is 8.45. The van der Waals surface area contributed by atoms with E-state index in [2.05, 4.69) is 10.4 Å². The highest BCUT2D eigenvalue weighted by molar-refractivity contribution is 5.50. The van der Waals surface area contributed by atoms with Crippen molar-refractivity contribution in [3.05, 3.63) is 11.3 Å². The molecule has 1 aliphatic rings. The van der Waals surface area contributed by atoms with E-state index < -0.39 is 6.29 Å². The zero-order chi connectivity index (χ0) is 10.1. The van der Waals surface area contributed by atoms with Gasteiger partial charge in [0.2, 0.25) is 0 Å². The topological polar surface area (TPSA) is 59.3 Å². The minimum Gasteiger partial charge on any atom is -0.368 e. The van der Waals surface area contributed by atoms with E-state index in [0.717, 1.165) is 30.2 Å². The monoisotopic (exact) mass is 197 g/mol. The first kappa shape index (κ1) is 9.48. The predicted molar refractivity (Wildman–Crippen MR) is 52.0 cm³/mol. The molecule has 0 fully saturated rings. The molecule has 5 nitrogen and oxygen atoms in total. The van der Waals surface area contributed by atoms with E-state index in [-0.39, 0.29) is 0 Å². The Morgan fingerprint density at radius 1 is 1.71 bits per heavy atom.